The molecule has 0 aliphatic heterocycles. The number of methoxy groups -OCH3 is 3. The lowest BCUT2D eigenvalue weighted by Crippen LogP contribution is -2.02. The van der Waals surface area contributed by atoms with Crippen LogP contribution in [0.25, 0.3) is 33.5 Å². The number of pyridine rings is 1. The van der Waals surface area contributed by atoms with E-state index in [1.54, 1.807) is 12.1 Å². The molecule has 0 aliphatic carbocycles. The predicted octanol–water partition coefficient (Wildman–Crippen LogP) is 4.41. The first-order valence-corrected chi connectivity index (χ1v) is 10.2. The van der Waals surface area contributed by atoms with Crippen LogP contribution in [0, 0.1) is 0 Å². The smallest absolute Gasteiger partial charge is 0.336 e. The summed E-state index contributed by atoms with van der Waals surface area (Å²) in [6.07, 6.45) is 0. The summed E-state index contributed by atoms with van der Waals surface area (Å²) in [5.74, 6) is 0.868. The van der Waals surface area contributed by atoms with Crippen LogP contribution in [-0.4, -0.2) is 54.2 Å². The van der Waals surface area contributed by atoms with Gasteiger partial charge in [0, 0.05) is 11.1 Å². The van der Waals surface area contributed by atoms with Gasteiger partial charge in [-0.05, 0) is 49.4 Å². The summed E-state index contributed by atoms with van der Waals surface area (Å²) in [5, 5.41) is 17.6. The maximum atomic E-state index is 12.2. The summed E-state index contributed by atoms with van der Waals surface area (Å²) in [7, 11) is 4.52. The van der Waals surface area contributed by atoms with Gasteiger partial charge in [0.1, 0.15) is 5.75 Å². The highest BCUT2D eigenvalue weighted by molar-refractivity contribution is 6.08. The van der Waals surface area contributed by atoms with Crippen LogP contribution in [-0.2, 0) is 0 Å². The normalized spacial score (nSPS) is 10.8. The minimum atomic E-state index is -1.10. The third kappa shape index (κ3) is 3.89. The highest BCUT2D eigenvalue weighted by Gasteiger charge is 2.23. The molecule has 9 nitrogen and oxygen atoms in total. The summed E-state index contributed by atoms with van der Waals surface area (Å²) < 4.78 is 21.8. The first-order valence-electron chi connectivity index (χ1n) is 10.2. The average Bonchev–Trinajstić information content (AvgIpc) is 3.26. The molecule has 0 bridgehead atoms. The van der Waals surface area contributed by atoms with E-state index in [1.807, 2.05) is 31.2 Å². The number of aromatic amines is 1. The first kappa shape index (κ1) is 21.9. The van der Waals surface area contributed by atoms with E-state index in [0.717, 1.165) is 11.3 Å². The van der Waals surface area contributed by atoms with Crippen LogP contribution in [0.2, 0.25) is 0 Å². The van der Waals surface area contributed by atoms with Gasteiger partial charge in [0.25, 0.3) is 0 Å². The van der Waals surface area contributed by atoms with E-state index in [9.17, 15) is 9.90 Å². The van der Waals surface area contributed by atoms with Gasteiger partial charge in [-0.2, -0.15) is 5.10 Å². The van der Waals surface area contributed by atoms with Crippen molar-refractivity contribution in [3.63, 3.8) is 0 Å². The minimum Gasteiger partial charge on any atom is -0.494 e. The number of hydrogen-bond acceptors (Lipinski definition) is 7. The van der Waals surface area contributed by atoms with Gasteiger partial charge in [-0.15, -0.1) is 0 Å². The molecule has 0 saturated carbocycles. The van der Waals surface area contributed by atoms with E-state index in [1.165, 1.54) is 27.4 Å². The molecule has 0 unspecified atom stereocenters. The monoisotopic (exact) mass is 449 g/mol. The minimum absolute atomic E-state index is 0.0597. The molecule has 4 aromatic rings. The molecule has 2 aromatic heterocycles. The Morgan fingerprint density at radius 3 is 2.33 bits per heavy atom. The predicted molar refractivity (Wildman–Crippen MR) is 123 cm³/mol. The zero-order valence-corrected chi connectivity index (χ0v) is 18.6. The zero-order chi connectivity index (χ0) is 23.5. The molecule has 0 spiro atoms. The molecule has 2 aromatic carbocycles. The van der Waals surface area contributed by atoms with Gasteiger partial charge in [-0.25, -0.2) is 9.78 Å². The van der Waals surface area contributed by atoms with Gasteiger partial charge in [0.15, 0.2) is 17.1 Å². The number of nitrogens with one attached hydrogen (secondary N) is 1. The number of rotatable bonds is 8. The zero-order valence-electron chi connectivity index (χ0n) is 18.6. The maximum Gasteiger partial charge on any atom is 0.336 e. The highest BCUT2D eigenvalue weighted by atomic mass is 16.5. The van der Waals surface area contributed by atoms with Crippen molar-refractivity contribution in [3.8, 4) is 45.5 Å². The molecular formula is C24H23N3O6. The molecule has 0 aliphatic rings. The number of carbonyl (C=O) groups is 1. The van der Waals surface area contributed by atoms with E-state index >= 15 is 0 Å². The van der Waals surface area contributed by atoms with Crippen LogP contribution >= 0.6 is 0 Å². The van der Waals surface area contributed by atoms with Crippen molar-refractivity contribution in [3.05, 3.63) is 48.0 Å². The fourth-order valence-electron chi connectivity index (χ4n) is 3.73. The van der Waals surface area contributed by atoms with E-state index in [4.69, 9.17) is 18.9 Å². The first-order chi connectivity index (χ1) is 16.0. The summed E-state index contributed by atoms with van der Waals surface area (Å²) in [6, 6.07) is 12.3. The van der Waals surface area contributed by atoms with Crippen LogP contribution in [0.3, 0.4) is 0 Å². The van der Waals surface area contributed by atoms with Crippen molar-refractivity contribution in [2.24, 2.45) is 0 Å². The molecule has 170 valence electrons. The highest BCUT2D eigenvalue weighted by Crippen LogP contribution is 2.44. The SMILES string of the molecule is CCOc1ccc(-c2[nH]nc3nc(-c4ccc(OC)c(OC)c4OC)cc(C(=O)O)c23)cc1. The molecule has 9 heteroatoms. The number of H-pyrrole nitrogens is 1. The average molecular weight is 449 g/mol. The van der Waals surface area contributed by atoms with Crippen LogP contribution in [0.4, 0.5) is 0 Å². The van der Waals surface area contributed by atoms with Crippen molar-refractivity contribution in [1.29, 1.82) is 0 Å². The number of nitrogens with zero attached hydrogens (tertiary/aromatic N) is 2. The number of fused-ring (bicyclic) bond motifs is 1. The Bertz CT molecular complexity index is 1310. The molecule has 2 heterocycles. The second-order valence-electron chi connectivity index (χ2n) is 7.00. The van der Waals surface area contributed by atoms with Crippen LogP contribution in [0.1, 0.15) is 17.3 Å². The van der Waals surface area contributed by atoms with Gasteiger partial charge in [0.05, 0.1) is 50.3 Å². The summed E-state index contributed by atoms with van der Waals surface area (Å²) in [4.78, 5) is 16.8. The largest absolute Gasteiger partial charge is 0.494 e. The van der Waals surface area contributed by atoms with Crippen LogP contribution in [0.5, 0.6) is 23.0 Å². The van der Waals surface area contributed by atoms with Gasteiger partial charge in [-0.1, -0.05) is 0 Å². The van der Waals surface area contributed by atoms with Crippen molar-refractivity contribution in [2.75, 3.05) is 27.9 Å². The van der Waals surface area contributed by atoms with Crippen molar-refractivity contribution in [2.45, 2.75) is 6.92 Å². The Balaban J connectivity index is 1.90. The van der Waals surface area contributed by atoms with Crippen molar-refractivity contribution >= 4 is 17.0 Å². The molecule has 0 atom stereocenters. The molecule has 0 radical (unpaired) electrons. The Morgan fingerprint density at radius 2 is 1.73 bits per heavy atom. The van der Waals surface area contributed by atoms with E-state index in [2.05, 4.69) is 15.2 Å². The van der Waals surface area contributed by atoms with E-state index in [0.29, 0.717) is 46.2 Å². The molecule has 2 N–H and O–H groups in total. The second kappa shape index (κ2) is 9.07. The molecule has 0 fully saturated rings. The third-order valence-electron chi connectivity index (χ3n) is 5.19. The lowest BCUT2D eigenvalue weighted by atomic mass is 10.0. The standard InChI is InChI=1S/C24H23N3O6/c1-5-33-14-8-6-13(7-9-14)20-19-16(24(28)29)12-17(25-23(19)27-26-20)15-10-11-18(30-2)22(32-4)21(15)31-3/h6-12H,5H2,1-4H3,(H,28,29)(H,25,26,27). The number of carboxylic acid groups (broad SMARTS) is 1. The number of aromatic nitrogens is 3. The van der Waals surface area contributed by atoms with Gasteiger partial charge in [-0.3, -0.25) is 5.10 Å². The summed E-state index contributed by atoms with van der Waals surface area (Å²) >= 11 is 0. The fourth-order valence-corrected chi connectivity index (χ4v) is 3.73. The lowest BCUT2D eigenvalue weighted by Gasteiger charge is -2.15. The summed E-state index contributed by atoms with van der Waals surface area (Å²) in [6.45, 7) is 2.47. The van der Waals surface area contributed by atoms with Gasteiger partial charge < -0.3 is 24.1 Å². The van der Waals surface area contributed by atoms with Crippen molar-refractivity contribution < 1.29 is 28.8 Å². The maximum absolute atomic E-state index is 12.2. The molecule has 33 heavy (non-hydrogen) atoms. The Hall–Kier alpha value is -4.27. The number of hydrogen-bond donors (Lipinski definition) is 2. The Morgan fingerprint density at radius 1 is 1.00 bits per heavy atom. The molecular weight excluding hydrogens is 426 g/mol. The van der Waals surface area contributed by atoms with E-state index in [-0.39, 0.29) is 11.2 Å². The Labute approximate surface area is 189 Å². The fraction of sp³-hybridized carbons (Fsp3) is 0.208. The summed E-state index contributed by atoms with van der Waals surface area (Å²) in [5.41, 5.74) is 2.58. The van der Waals surface area contributed by atoms with E-state index < -0.39 is 5.97 Å². The Kier molecular flexibility index (Phi) is 6.03. The van der Waals surface area contributed by atoms with Crippen LogP contribution in [0.15, 0.2) is 42.5 Å². The number of benzene rings is 2. The van der Waals surface area contributed by atoms with Gasteiger partial charge >= 0.3 is 5.97 Å². The third-order valence-corrected chi connectivity index (χ3v) is 5.19. The second-order valence-corrected chi connectivity index (χ2v) is 7.00. The number of aromatic carboxylic acids is 1. The molecule has 4 rings (SSSR count). The van der Waals surface area contributed by atoms with Crippen LogP contribution < -0.4 is 18.9 Å². The lowest BCUT2D eigenvalue weighted by molar-refractivity contribution is 0.0699. The topological polar surface area (TPSA) is 116 Å². The quantitative estimate of drug-likeness (QED) is 0.406. The van der Waals surface area contributed by atoms with Gasteiger partial charge in [0.2, 0.25) is 5.75 Å². The van der Waals surface area contributed by atoms with Crippen molar-refractivity contribution in [1.82, 2.24) is 15.2 Å². The molecule has 0 saturated heterocycles. The number of carboxylic acids is 1. The number of ether oxygens (including phenoxy) is 4. The molecule has 0 amide bonds.